The first-order valence-electron chi connectivity index (χ1n) is 5.36. The Morgan fingerprint density at radius 1 is 1.32 bits per heavy atom. The van der Waals surface area contributed by atoms with Gasteiger partial charge in [-0.3, -0.25) is 4.79 Å². The number of benzene rings is 1. The van der Waals surface area contributed by atoms with Crippen molar-refractivity contribution in [3.8, 4) is 0 Å². The Morgan fingerprint density at radius 3 is 2.74 bits per heavy atom. The predicted molar refractivity (Wildman–Crippen MR) is 70.9 cm³/mol. The number of halogens is 2. The van der Waals surface area contributed by atoms with Gasteiger partial charge in [-0.05, 0) is 18.2 Å². The molecule has 2 N–H and O–H groups in total. The highest BCUT2D eigenvalue weighted by Crippen LogP contribution is 2.22. The van der Waals surface area contributed by atoms with Gasteiger partial charge in [0.25, 0.3) is 5.91 Å². The maximum Gasteiger partial charge on any atom is 0.275 e. The summed E-state index contributed by atoms with van der Waals surface area (Å²) in [4.78, 5) is 19.7. The number of hydrogen-bond acceptors (Lipinski definition) is 4. The Balaban J connectivity index is 2.18. The van der Waals surface area contributed by atoms with Crippen LogP contribution in [-0.2, 0) is 0 Å². The van der Waals surface area contributed by atoms with Crippen molar-refractivity contribution in [2.24, 2.45) is 0 Å². The van der Waals surface area contributed by atoms with Crippen LogP contribution in [0.2, 0.25) is 5.02 Å². The monoisotopic (exact) mass is 280 g/mol. The minimum atomic E-state index is -0.511. The first kappa shape index (κ1) is 13.2. The van der Waals surface area contributed by atoms with Crippen LogP contribution in [0.25, 0.3) is 0 Å². The fourth-order valence-corrected chi connectivity index (χ4v) is 1.52. The summed E-state index contributed by atoms with van der Waals surface area (Å²) in [7, 11) is 1.69. The van der Waals surface area contributed by atoms with E-state index in [9.17, 15) is 9.18 Å². The molecule has 1 heterocycles. The standard InChI is InChI=1S/C12H10ClFN4O/c1-15-11-6-16-10(5-17-11)12(19)18-9-4-7(14)2-3-8(9)13/h2-6H,1H3,(H,15,17)(H,18,19). The lowest BCUT2D eigenvalue weighted by molar-refractivity contribution is 0.102. The lowest BCUT2D eigenvalue weighted by Gasteiger charge is -2.07. The van der Waals surface area contributed by atoms with E-state index in [-0.39, 0.29) is 16.4 Å². The predicted octanol–water partition coefficient (Wildman–Crippen LogP) is 2.56. The van der Waals surface area contributed by atoms with Crippen molar-refractivity contribution in [2.45, 2.75) is 0 Å². The van der Waals surface area contributed by atoms with Gasteiger partial charge >= 0.3 is 0 Å². The molecule has 1 aromatic carbocycles. The zero-order valence-corrected chi connectivity index (χ0v) is 10.7. The first-order chi connectivity index (χ1) is 9.10. The average Bonchev–Trinajstić information content (AvgIpc) is 2.43. The number of carbonyl (C=O) groups excluding carboxylic acids is 1. The van der Waals surface area contributed by atoms with Gasteiger partial charge in [-0.2, -0.15) is 0 Å². The molecule has 0 aliphatic carbocycles. The summed E-state index contributed by atoms with van der Waals surface area (Å²) in [5.74, 6) is -0.459. The third-order valence-corrected chi connectivity index (χ3v) is 2.65. The second-order valence-corrected chi connectivity index (χ2v) is 4.02. The highest BCUT2D eigenvalue weighted by atomic mass is 35.5. The smallest absolute Gasteiger partial charge is 0.275 e. The van der Waals surface area contributed by atoms with E-state index in [4.69, 9.17) is 11.6 Å². The van der Waals surface area contributed by atoms with E-state index in [1.54, 1.807) is 7.05 Å². The maximum absolute atomic E-state index is 13.1. The minimum absolute atomic E-state index is 0.110. The molecular weight excluding hydrogens is 271 g/mol. The van der Waals surface area contributed by atoms with E-state index >= 15 is 0 Å². The molecule has 0 bridgehead atoms. The number of nitrogens with zero attached hydrogens (tertiary/aromatic N) is 2. The van der Waals surface area contributed by atoms with Gasteiger partial charge in [0, 0.05) is 7.05 Å². The lowest BCUT2D eigenvalue weighted by Crippen LogP contribution is -2.14. The normalized spacial score (nSPS) is 10.1. The van der Waals surface area contributed by atoms with Gasteiger partial charge in [0.05, 0.1) is 23.1 Å². The highest BCUT2D eigenvalue weighted by Gasteiger charge is 2.11. The number of aromatic nitrogens is 2. The van der Waals surface area contributed by atoms with Gasteiger partial charge in [-0.25, -0.2) is 14.4 Å². The summed E-state index contributed by atoms with van der Waals surface area (Å²) < 4.78 is 13.1. The van der Waals surface area contributed by atoms with Crippen molar-refractivity contribution in [3.05, 3.63) is 47.1 Å². The summed E-state index contributed by atoms with van der Waals surface area (Å²) in [5, 5.41) is 5.50. The largest absolute Gasteiger partial charge is 0.372 e. The van der Waals surface area contributed by atoms with Gasteiger partial charge in [-0.1, -0.05) is 11.6 Å². The number of amides is 1. The summed E-state index contributed by atoms with van der Waals surface area (Å²) in [6.45, 7) is 0. The molecule has 1 aromatic heterocycles. The lowest BCUT2D eigenvalue weighted by atomic mass is 10.3. The first-order valence-corrected chi connectivity index (χ1v) is 5.74. The zero-order chi connectivity index (χ0) is 13.8. The quantitative estimate of drug-likeness (QED) is 0.907. The number of carbonyl (C=O) groups is 1. The molecule has 7 heteroatoms. The molecule has 0 unspecified atom stereocenters. The Morgan fingerprint density at radius 2 is 2.11 bits per heavy atom. The molecule has 5 nitrogen and oxygen atoms in total. The van der Waals surface area contributed by atoms with E-state index in [1.807, 2.05) is 0 Å². The molecule has 0 aliphatic rings. The van der Waals surface area contributed by atoms with Crippen LogP contribution in [0.4, 0.5) is 15.9 Å². The Labute approximate surface area is 113 Å². The zero-order valence-electron chi connectivity index (χ0n) is 9.95. The van der Waals surface area contributed by atoms with Crippen molar-refractivity contribution in [3.63, 3.8) is 0 Å². The number of anilines is 2. The molecule has 0 saturated heterocycles. The molecule has 2 rings (SSSR count). The van der Waals surface area contributed by atoms with Crippen molar-refractivity contribution in [2.75, 3.05) is 17.7 Å². The van der Waals surface area contributed by atoms with E-state index in [0.717, 1.165) is 6.07 Å². The molecular formula is C12H10ClFN4O. The molecule has 0 fully saturated rings. The third kappa shape index (κ3) is 3.17. The van der Waals surface area contributed by atoms with E-state index in [2.05, 4.69) is 20.6 Å². The van der Waals surface area contributed by atoms with Gasteiger partial charge < -0.3 is 10.6 Å². The van der Waals surface area contributed by atoms with Crippen LogP contribution in [0.15, 0.2) is 30.6 Å². The fourth-order valence-electron chi connectivity index (χ4n) is 1.35. The second-order valence-electron chi connectivity index (χ2n) is 3.62. The van der Waals surface area contributed by atoms with Crippen molar-refractivity contribution in [1.82, 2.24) is 9.97 Å². The molecule has 2 aromatic rings. The van der Waals surface area contributed by atoms with Crippen LogP contribution < -0.4 is 10.6 Å². The molecule has 0 spiro atoms. The van der Waals surface area contributed by atoms with Crippen LogP contribution in [0.5, 0.6) is 0 Å². The number of hydrogen-bond donors (Lipinski definition) is 2. The third-order valence-electron chi connectivity index (χ3n) is 2.32. The average molecular weight is 281 g/mol. The molecule has 1 amide bonds. The molecule has 0 atom stereocenters. The Bertz CT molecular complexity index is 603. The maximum atomic E-state index is 13.1. The topological polar surface area (TPSA) is 66.9 Å². The van der Waals surface area contributed by atoms with Crippen molar-refractivity contribution >= 4 is 29.0 Å². The SMILES string of the molecule is CNc1cnc(C(=O)Nc2cc(F)ccc2Cl)cn1. The molecule has 0 saturated carbocycles. The molecule has 98 valence electrons. The summed E-state index contributed by atoms with van der Waals surface area (Å²) in [5.41, 5.74) is 0.297. The Kier molecular flexibility index (Phi) is 3.91. The Hall–Kier alpha value is -2.21. The summed E-state index contributed by atoms with van der Waals surface area (Å²) in [6.07, 6.45) is 2.73. The summed E-state index contributed by atoms with van der Waals surface area (Å²) >= 11 is 5.85. The molecule has 19 heavy (non-hydrogen) atoms. The highest BCUT2D eigenvalue weighted by molar-refractivity contribution is 6.33. The van der Waals surface area contributed by atoms with Gasteiger partial charge in [0.2, 0.25) is 0 Å². The second kappa shape index (κ2) is 5.62. The fraction of sp³-hybridized carbons (Fsp3) is 0.0833. The van der Waals surface area contributed by atoms with Crippen LogP contribution in [0, 0.1) is 5.82 Å². The molecule has 0 radical (unpaired) electrons. The van der Waals surface area contributed by atoms with Crippen LogP contribution in [0.3, 0.4) is 0 Å². The van der Waals surface area contributed by atoms with E-state index in [0.29, 0.717) is 5.82 Å². The van der Waals surface area contributed by atoms with E-state index < -0.39 is 11.7 Å². The number of rotatable bonds is 3. The summed E-state index contributed by atoms with van der Waals surface area (Å²) in [6, 6.07) is 3.71. The van der Waals surface area contributed by atoms with Crippen molar-refractivity contribution in [1.29, 1.82) is 0 Å². The minimum Gasteiger partial charge on any atom is -0.372 e. The van der Waals surface area contributed by atoms with Gasteiger partial charge in [-0.15, -0.1) is 0 Å². The van der Waals surface area contributed by atoms with Crippen LogP contribution in [0.1, 0.15) is 10.5 Å². The van der Waals surface area contributed by atoms with E-state index in [1.165, 1.54) is 24.5 Å². The van der Waals surface area contributed by atoms with Gasteiger partial charge in [0.1, 0.15) is 17.3 Å². The number of nitrogens with one attached hydrogen (secondary N) is 2. The molecule has 0 aliphatic heterocycles. The van der Waals surface area contributed by atoms with Crippen LogP contribution in [-0.4, -0.2) is 22.9 Å². The van der Waals surface area contributed by atoms with Crippen LogP contribution >= 0.6 is 11.6 Å². The van der Waals surface area contributed by atoms with Crippen molar-refractivity contribution < 1.29 is 9.18 Å². The van der Waals surface area contributed by atoms with Gasteiger partial charge in [0.15, 0.2) is 0 Å².